The first-order valence-electron chi connectivity index (χ1n) is 5.67. The summed E-state index contributed by atoms with van der Waals surface area (Å²) >= 11 is 5.74. The van der Waals surface area contributed by atoms with E-state index in [1.807, 2.05) is 0 Å². The van der Waals surface area contributed by atoms with Crippen LogP contribution >= 0.6 is 11.6 Å². The minimum Gasteiger partial charge on any atom is -0.497 e. The highest BCUT2D eigenvalue weighted by molar-refractivity contribution is 6.29. The fourth-order valence-electron chi connectivity index (χ4n) is 1.80. The number of aromatic carboxylic acids is 1. The van der Waals surface area contributed by atoms with E-state index < -0.39 is 5.97 Å². The zero-order valence-electron chi connectivity index (χ0n) is 10.9. The number of rotatable bonds is 4. The molecule has 5 nitrogen and oxygen atoms in total. The summed E-state index contributed by atoms with van der Waals surface area (Å²) in [6, 6.07) is 6.43. The summed E-state index contributed by atoms with van der Waals surface area (Å²) in [5, 5.41) is 9.38. The molecule has 1 aromatic heterocycles. The maximum atomic E-state index is 11.3. The molecule has 0 amide bonds. The van der Waals surface area contributed by atoms with E-state index in [9.17, 15) is 9.90 Å². The van der Waals surface area contributed by atoms with Crippen LogP contribution < -0.4 is 9.47 Å². The zero-order valence-corrected chi connectivity index (χ0v) is 11.6. The Labute approximate surface area is 120 Å². The molecule has 0 saturated heterocycles. The Kier molecular flexibility index (Phi) is 4.10. The Morgan fingerprint density at radius 3 is 2.25 bits per heavy atom. The van der Waals surface area contributed by atoms with E-state index in [4.69, 9.17) is 21.1 Å². The number of benzene rings is 1. The van der Waals surface area contributed by atoms with Gasteiger partial charge in [0.1, 0.15) is 16.7 Å². The van der Waals surface area contributed by atoms with Crippen LogP contribution in [0.25, 0.3) is 11.1 Å². The number of halogens is 1. The normalized spacial score (nSPS) is 10.2. The van der Waals surface area contributed by atoms with E-state index in [0.717, 1.165) is 0 Å². The molecular weight excluding hydrogens is 282 g/mol. The summed E-state index contributed by atoms with van der Waals surface area (Å²) in [6.45, 7) is 0. The monoisotopic (exact) mass is 293 g/mol. The predicted molar refractivity (Wildman–Crippen MR) is 74.7 cm³/mol. The van der Waals surface area contributed by atoms with Crippen molar-refractivity contribution in [2.75, 3.05) is 14.2 Å². The molecule has 0 atom stereocenters. The van der Waals surface area contributed by atoms with E-state index >= 15 is 0 Å². The standard InChI is InChI=1S/C14H12ClNO4/c1-19-9-3-8(4-10(5-9)20-2)12-7-16-13(15)6-11(12)14(17)18/h3-7H,1-2H3,(H,17,18). The van der Waals surface area contributed by atoms with Crippen LogP contribution in [0.1, 0.15) is 10.4 Å². The van der Waals surface area contributed by atoms with Crippen molar-refractivity contribution in [3.05, 3.63) is 41.2 Å². The smallest absolute Gasteiger partial charge is 0.336 e. The van der Waals surface area contributed by atoms with Gasteiger partial charge in [-0.1, -0.05) is 11.6 Å². The Morgan fingerprint density at radius 1 is 1.15 bits per heavy atom. The van der Waals surface area contributed by atoms with Crippen LogP contribution in [0.4, 0.5) is 0 Å². The van der Waals surface area contributed by atoms with Crippen molar-refractivity contribution >= 4 is 17.6 Å². The lowest BCUT2D eigenvalue weighted by atomic mass is 10.0. The lowest BCUT2D eigenvalue weighted by Gasteiger charge is -2.10. The molecule has 0 unspecified atom stereocenters. The van der Waals surface area contributed by atoms with Crippen LogP contribution in [0.15, 0.2) is 30.5 Å². The first kappa shape index (κ1) is 14.1. The number of hydrogen-bond acceptors (Lipinski definition) is 4. The van der Waals surface area contributed by atoms with Crippen LogP contribution in [-0.4, -0.2) is 30.3 Å². The molecule has 0 aliphatic rings. The van der Waals surface area contributed by atoms with Gasteiger partial charge in [-0.05, 0) is 23.8 Å². The summed E-state index contributed by atoms with van der Waals surface area (Å²) < 4.78 is 10.3. The molecule has 0 saturated carbocycles. The molecule has 0 fully saturated rings. The van der Waals surface area contributed by atoms with Gasteiger partial charge in [0.25, 0.3) is 0 Å². The largest absolute Gasteiger partial charge is 0.497 e. The number of carboxylic acid groups (broad SMARTS) is 1. The third-order valence-electron chi connectivity index (χ3n) is 2.76. The first-order valence-corrected chi connectivity index (χ1v) is 6.05. The van der Waals surface area contributed by atoms with Gasteiger partial charge in [0.2, 0.25) is 0 Å². The van der Waals surface area contributed by atoms with E-state index in [2.05, 4.69) is 4.98 Å². The summed E-state index contributed by atoms with van der Waals surface area (Å²) in [7, 11) is 3.05. The summed E-state index contributed by atoms with van der Waals surface area (Å²) in [5.41, 5.74) is 1.14. The summed E-state index contributed by atoms with van der Waals surface area (Å²) in [6.07, 6.45) is 1.42. The van der Waals surface area contributed by atoms with Crippen molar-refractivity contribution in [2.24, 2.45) is 0 Å². The van der Waals surface area contributed by atoms with Crippen LogP contribution in [-0.2, 0) is 0 Å². The average Bonchev–Trinajstić information content (AvgIpc) is 2.46. The SMILES string of the molecule is COc1cc(OC)cc(-c2cnc(Cl)cc2C(=O)O)c1. The van der Waals surface area contributed by atoms with Gasteiger partial charge < -0.3 is 14.6 Å². The van der Waals surface area contributed by atoms with Gasteiger partial charge in [-0.2, -0.15) is 0 Å². The number of methoxy groups -OCH3 is 2. The minimum atomic E-state index is -1.08. The van der Waals surface area contributed by atoms with Crippen LogP contribution in [0.2, 0.25) is 5.15 Å². The van der Waals surface area contributed by atoms with E-state index in [1.54, 1.807) is 18.2 Å². The van der Waals surface area contributed by atoms with Gasteiger partial charge in [0, 0.05) is 17.8 Å². The van der Waals surface area contributed by atoms with Crippen molar-refractivity contribution in [3.8, 4) is 22.6 Å². The number of aromatic nitrogens is 1. The Balaban J connectivity index is 2.64. The lowest BCUT2D eigenvalue weighted by Crippen LogP contribution is -2.01. The van der Waals surface area contributed by atoms with Crippen molar-refractivity contribution in [3.63, 3.8) is 0 Å². The fourth-order valence-corrected chi connectivity index (χ4v) is 1.96. The number of hydrogen-bond donors (Lipinski definition) is 1. The van der Waals surface area contributed by atoms with E-state index in [0.29, 0.717) is 22.6 Å². The number of ether oxygens (including phenoxy) is 2. The minimum absolute atomic E-state index is 0.0697. The van der Waals surface area contributed by atoms with Gasteiger partial charge in [-0.3, -0.25) is 0 Å². The highest BCUT2D eigenvalue weighted by atomic mass is 35.5. The van der Waals surface area contributed by atoms with Crippen molar-refractivity contribution < 1.29 is 19.4 Å². The van der Waals surface area contributed by atoms with E-state index in [1.165, 1.54) is 26.5 Å². The predicted octanol–water partition coefficient (Wildman–Crippen LogP) is 3.12. The second-order valence-electron chi connectivity index (χ2n) is 3.96. The number of pyridine rings is 1. The summed E-state index contributed by atoms with van der Waals surface area (Å²) in [5.74, 6) is 0.0439. The quantitative estimate of drug-likeness (QED) is 0.877. The topological polar surface area (TPSA) is 68.7 Å². The third-order valence-corrected chi connectivity index (χ3v) is 2.97. The Morgan fingerprint density at radius 2 is 1.75 bits per heavy atom. The summed E-state index contributed by atoms with van der Waals surface area (Å²) in [4.78, 5) is 15.2. The molecule has 0 radical (unpaired) electrons. The van der Waals surface area contributed by atoms with Crippen molar-refractivity contribution in [2.45, 2.75) is 0 Å². The van der Waals surface area contributed by atoms with Crippen LogP contribution in [0.5, 0.6) is 11.5 Å². The van der Waals surface area contributed by atoms with Gasteiger partial charge >= 0.3 is 5.97 Å². The average molecular weight is 294 g/mol. The molecule has 2 aromatic rings. The van der Waals surface area contributed by atoms with Crippen molar-refractivity contribution in [1.82, 2.24) is 4.98 Å². The maximum Gasteiger partial charge on any atom is 0.336 e. The fraction of sp³-hybridized carbons (Fsp3) is 0.143. The molecule has 1 N–H and O–H groups in total. The second kappa shape index (κ2) is 5.79. The van der Waals surface area contributed by atoms with Crippen molar-refractivity contribution in [1.29, 1.82) is 0 Å². The van der Waals surface area contributed by atoms with Gasteiger partial charge in [0.05, 0.1) is 19.8 Å². The maximum absolute atomic E-state index is 11.3. The molecule has 0 aliphatic heterocycles. The van der Waals surface area contributed by atoms with Crippen LogP contribution in [0.3, 0.4) is 0 Å². The second-order valence-corrected chi connectivity index (χ2v) is 4.35. The molecule has 20 heavy (non-hydrogen) atoms. The van der Waals surface area contributed by atoms with Gasteiger partial charge in [-0.15, -0.1) is 0 Å². The highest BCUT2D eigenvalue weighted by Crippen LogP contribution is 2.32. The molecule has 0 bridgehead atoms. The Hall–Kier alpha value is -2.27. The zero-order chi connectivity index (χ0) is 14.7. The lowest BCUT2D eigenvalue weighted by molar-refractivity contribution is 0.0697. The third kappa shape index (κ3) is 2.83. The van der Waals surface area contributed by atoms with Gasteiger partial charge in [-0.25, -0.2) is 9.78 Å². The first-order chi connectivity index (χ1) is 9.55. The van der Waals surface area contributed by atoms with Gasteiger partial charge in [0.15, 0.2) is 0 Å². The number of carbonyl (C=O) groups is 1. The molecule has 104 valence electrons. The molecule has 1 heterocycles. The highest BCUT2D eigenvalue weighted by Gasteiger charge is 2.15. The van der Waals surface area contributed by atoms with E-state index in [-0.39, 0.29) is 10.7 Å². The molecule has 2 rings (SSSR count). The van der Waals surface area contributed by atoms with Crippen LogP contribution in [0, 0.1) is 0 Å². The number of nitrogens with zero attached hydrogens (tertiary/aromatic N) is 1. The molecule has 0 spiro atoms. The molecule has 0 aliphatic carbocycles. The molecule has 6 heteroatoms. The number of carboxylic acids is 1. The Bertz CT molecular complexity index is 635. The molecule has 1 aromatic carbocycles. The molecular formula is C14H12ClNO4.